The highest BCUT2D eigenvalue weighted by molar-refractivity contribution is 7.89. The summed E-state index contributed by atoms with van der Waals surface area (Å²) in [6.45, 7) is 10.4. The van der Waals surface area contributed by atoms with Crippen molar-refractivity contribution in [3.8, 4) is 0 Å². The van der Waals surface area contributed by atoms with Crippen molar-refractivity contribution in [2.45, 2.75) is 46.1 Å². The van der Waals surface area contributed by atoms with Gasteiger partial charge < -0.3 is 10.3 Å². The van der Waals surface area contributed by atoms with E-state index < -0.39 is 16.1 Å². The van der Waals surface area contributed by atoms with E-state index >= 15 is 0 Å². The normalized spacial score (nSPS) is 18.9. The van der Waals surface area contributed by atoms with Gasteiger partial charge in [-0.15, -0.1) is 0 Å². The van der Waals surface area contributed by atoms with Gasteiger partial charge in [-0.1, -0.05) is 20.4 Å². The second-order valence-electron chi connectivity index (χ2n) is 7.48. The van der Waals surface area contributed by atoms with Gasteiger partial charge in [0.1, 0.15) is 5.84 Å². The molecule has 0 bridgehead atoms. The van der Waals surface area contributed by atoms with E-state index in [9.17, 15) is 13.2 Å². The van der Waals surface area contributed by atoms with E-state index in [-0.39, 0.29) is 11.8 Å². The van der Waals surface area contributed by atoms with Gasteiger partial charge in [0.25, 0.3) is 0 Å². The Morgan fingerprint density at radius 2 is 2.25 bits per heavy atom. The van der Waals surface area contributed by atoms with Crippen molar-refractivity contribution in [3.05, 3.63) is 30.6 Å². The quantitative estimate of drug-likeness (QED) is 0.476. The lowest BCUT2D eigenvalue weighted by Gasteiger charge is -2.32. The van der Waals surface area contributed by atoms with Crippen molar-refractivity contribution < 1.29 is 13.2 Å². The summed E-state index contributed by atoms with van der Waals surface area (Å²) < 4.78 is 26.5. The van der Waals surface area contributed by atoms with Crippen LogP contribution in [0.15, 0.2) is 29.9 Å². The third-order valence-corrected chi connectivity index (χ3v) is 6.54. The number of sulfonamides is 1. The van der Waals surface area contributed by atoms with E-state index in [2.05, 4.69) is 27.2 Å². The SMILES string of the molecule is C=CC(=Nc1cc[nH]c1C)NC(=O)NC1CCCN(S(=O)(=O)CCC(C)C)C1. The molecule has 0 saturated carbocycles. The van der Waals surface area contributed by atoms with Crippen LogP contribution < -0.4 is 10.6 Å². The second-order valence-corrected chi connectivity index (χ2v) is 9.57. The van der Waals surface area contributed by atoms with Gasteiger partial charge in [0, 0.05) is 31.0 Å². The Labute approximate surface area is 167 Å². The Kier molecular flexibility index (Phi) is 7.82. The number of H-pyrrole nitrogens is 1. The van der Waals surface area contributed by atoms with Crippen LogP contribution in [-0.4, -0.2) is 54.5 Å². The number of nitrogens with one attached hydrogen (secondary N) is 3. The fraction of sp³-hybridized carbons (Fsp3) is 0.579. The molecular weight excluding hydrogens is 378 g/mol. The van der Waals surface area contributed by atoms with Crippen LogP contribution in [0.3, 0.4) is 0 Å². The predicted octanol–water partition coefficient (Wildman–Crippen LogP) is 2.68. The van der Waals surface area contributed by atoms with Gasteiger partial charge in [0.05, 0.1) is 11.4 Å². The molecule has 28 heavy (non-hydrogen) atoms. The summed E-state index contributed by atoms with van der Waals surface area (Å²) in [5.41, 5.74) is 1.60. The van der Waals surface area contributed by atoms with Gasteiger partial charge in [-0.25, -0.2) is 18.2 Å². The summed E-state index contributed by atoms with van der Waals surface area (Å²) >= 11 is 0. The molecule has 8 nitrogen and oxygen atoms in total. The fourth-order valence-corrected chi connectivity index (χ4v) is 4.83. The number of aliphatic imine (C=N–C) groups is 1. The number of hydrogen-bond donors (Lipinski definition) is 3. The van der Waals surface area contributed by atoms with Crippen LogP contribution in [-0.2, 0) is 10.0 Å². The van der Waals surface area contributed by atoms with Crippen LogP contribution in [0, 0.1) is 12.8 Å². The highest BCUT2D eigenvalue weighted by atomic mass is 32.2. The van der Waals surface area contributed by atoms with Crippen molar-refractivity contribution in [1.82, 2.24) is 19.9 Å². The van der Waals surface area contributed by atoms with Crippen LogP contribution in [0.5, 0.6) is 0 Å². The maximum atomic E-state index is 12.5. The molecule has 1 atom stereocenters. The molecule has 2 heterocycles. The molecule has 1 fully saturated rings. The fourth-order valence-electron chi connectivity index (χ4n) is 2.98. The number of urea groups is 1. The Morgan fingerprint density at radius 3 is 2.86 bits per heavy atom. The summed E-state index contributed by atoms with van der Waals surface area (Å²) in [5.74, 6) is 0.810. The summed E-state index contributed by atoms with van der Waals surface area (Å²) in [6.07, 6.45) is 5.33. The third kappa shape index (κ3) is 6.49. The van der Waals surface area contributed by atoms with Gasteiger partial charge in [-0.2, -0.15) is 4.31 Å². The zero-order valence-corrected chi connectivity index (χ0v) is 17.7. The third-order valence-electron chi connectivity index (χ3n) is 4.67. The Bertz CT molecular complexity index is 813. The number of piperidine rings is 1. The van der Waals surface area contributed by atoms with Crippen molar-refractivity contribution in [3.63, 3.8) is 0 Å². The minimum Gasteiger partial charge on any atom is -0.363 e. The lowest BCUT2D eigenvalue weighted by Crippen LogP contribution is -2.52. The highest BCUT2D eigenvalue weighted by Crippen LogP contribution is 2.17. The minimum absolute atomic E-state index is 0.146. The molecular formula is C19H31N5O3S. The average molecular weight is 410 g/mol. The second kappa shape index (κ2) is 9.88. The molecule has 1 unspecified atom stereocenters. The number of carbonyl (C=O) groups is 1. The number of hydrogen-bond acceptors (Lipinski definition) is 4. The lowest BCUT2D eigenvalue weighted by molar-refractivity contribution is 0.230. The molecule has 156 valence electrons. The van der Waals surface area contributed by atoms with Gasteiger partial charge in [-0.3, -0.25) is 5.32 Å². The maximum Gasteiger partial charge on any atom is 0.320 e. The van der Waals surface area contributed by atoms with Crippen LogP contribution >= 0.6 is 0 Å². The molecule has 9 heteroatoms. The van der Waals surface area contributed by atoms with Gasteiger partial charge in [0.2, 0.25) is 10.0 Å². The van der Waals surface area contributed by atoms with E-state index in [1.165, 1.54) is 10.4 Å². The molecule has 1 aliphatic rings. The molecule has 0 aromatic carbocycles. The maximum absolute atomic E-state index is 12.5. The van der Waals surface area contributed by atoms with E-state index in [0.717, 1.165) is 24.2 Å². The molecule has 0 aliphatic carbocycles. The molecule has 2 rings (SSSR count). The van der Waals surface area contributed by atoms with Crippen molar-refractivity contribution in [2.75, 3.05) is 18.8 Å². The summed E-state index contributed by atoms with van der Waals surface area (Å²) in [7, 11) is -3.30. The van der Waals surface area contributed by atoms with Crippen LogP contribution in [0.2, 0.25) is 0 Å². The van der Waals surface area contributed by atoms with E-state index in [4.69, 9.17) is 0 Å². The van der Waals surface area contributed by atoms with Gasteiger partial charge in [0.15, 0.2) is 0 Å². The number of amidine groups is 1. The number of aromatic nitrogens is 1. The predicted molar refractivity (Wildman–Crippen MR) is 112 cm³/mol. The molecule has 1 aromatic heterocycles. The first-order valence-electron chi connectivity index (χ1n) is 9.61. The number of carbonyl (C=O) groups excluding carboxylic acids is 1. The van der Waals surface area contributed by atoms with E-state index in [1.807, 2.05) is 20.8 Å². The first-order chi connectivity index (χ1) is 13.2. The summed E-state index contributed by atoms with van der Waals surface area (Å²) in [5, 5.41) is 5.53. The Hall–Kier alpha value is -2.13. The van der Waals surface area contributed by atoms with Crippen molar-refractivity contribution >= 4 is 27.6 Å². The molecule has 3 N–H and O–H groups in total. The van der Waals surface area contributed by atoms with E-state index in [0.29, 0.717) is 31.3 Å². The molecule has 2 amide bonds. The van der Waals surface area contributed by atoms with Gasteiger partial charge in [-0.05, 0) is 44.2 Å². The van der Waals surface area contributed by atoms with E-state index in [1.54, 1.807) is 12.3 Å². The smallest absolute Gasteiger partial charge is 0.320 e. The molecule has 1 aromatic rings. The summed E-state index contributed by atoms with van der Waals surface area (Å²) in [6, 6.07) is 1.15. The topological polar surface area (TPSA) is 107 Å². The Balaban J connectivity index is 1.93. The number of rotatable bonds is 7. The molecule has 0 spiro atoms. The number of nitrogens with zero attached hydrogens (tertiary/aromatic N) is 2. The van der Waals surface area contributed by atoms with Crippen molar-refractivity contribution in [2.24, 2.45) is 10.9 Å². The van der Waals surface area contributed by atoms with Crippen LogP contribution in [0.25, 0.3) is 0 Å². The van der Waals surface area contributed by atoms with Crippen molar-refractivity contribution in [1.29, 1.82) is 0 Å². The highest BCUT2D eigenvalue weighted by Gasteiger charge is 2.29. The molecule has 1 saturated heterocycles. The summed E-state index contributed by atoms with van der Waals surface area (Å²) in [4.78, 5) is 19.7. The Morgan fingerprint density at radius 1 is 1.50 bits per heavy atom. The average Bonchev–Trinajstić information content (AvgIpc) is 3.04. The zero-order valence-electron chi connectivity index (χ0n) is 16.9. The standard InChI is InChI=1S/C19H31N5O3S/c1-5-18(22-17-8-10-20-15(17)4)23-19(25)21-16-7-6-11-24(13-16)28(26,27)12-9-14(2)3/h5,8,10,14,16,20H,1,6-7,9,11-13H2,2-4H3,(H2,21,22,23,25). The monoisotopic (exact) mass is 409 g/mol. The lowest BCUT2D eigenvalue weighted by atomic mass is 10.1. The van der Waals surface area contributed by atoms with Gasteiger partial charge >= 0.3 is 6.03 Å². The first-order valence-corrected chi connectivity index (χ1v) is 11.2. The van der Waals surface area contributed by atoms with Crippen LogP contribution in [0.1, 0.15) is 38.8 Å². The molecule has 0 radical (unpaired) electrons. The first kappa shape index (κ1) is 22.2. The molecule has 1 aliphatic heterocycles. The number of amides is 2. The number of aromatic amines is 1. The minimum atomic E-state index is -3.30. The van der Waals surface area contributed by atoms with Crippen LogP contribution in [0.4, 0.5) is 10.5 Å². The zero-order chi connectivity index (χ0) is 20.7. The largest absolute Gasteiger partial charge is 0.363 e. The number of aryl methyl sites for hydroxylation is 1.